The number of rotatable bonds is 3. The molecule has 1 aliphatic rings. The third-order valence-electron chi connectivity index (χ3n) is 2.55. The first-order valence-corrected chi connectivity index (χ1v) is 5.13. The number of benzene rings is 1. The summed E-state index contributed by atoms with van der Waals surface area (Å²) < 4.78 is 4.72. The molecule has 0 atom stereocenters. The standard InChI is InChI=1S/C10H14BNO3.ClH/c13-11(14)15-10-5-3-9(4-6-10)12-7-1-2-8-12;/h3-6,13-14H,1-2,7-8H2;1H. The van der Waals surface area contributed by atoms with Gasteiger partial charge in [-0.3, -0.25) is 0 Å². The largest absolute Gasteiger partial charge is 0.707 e. The second-order valence-electron chi connectivity index (χ2n) is 3.63. The zero-order valence-corrected chi connectivity index (χ0v) is 9.69. The van der Waals surface area contributed by atoms with Gasteiger partial charge in [-0.15, -0.1) is 12.4 Å². The van der Waals surface area contributed by atoms with Crippen molar-refractivity contribution in [3.8, 4) is 5.75 Å². The van der Waals surface area contributed by atoms with Crippen LogP contribution in [0.15, 0.2) is 24.3 Å². The number of halogens is 1. The molecular formula is C10H15BClNO3. The average molecular weight is 243 g/mol. The molecule has 88 valence electrons. The molecule has 1 aliphatic heterocycles. The van der Waals surface area contributed by atoms with Crippen LogP contribution in [0.1, 0.15) is 12.8 Å². The van der Waals surface area contributed by atoms with Gasteiger partial charge in [-0.1, -0.05) is 0 Å². The molecular weight excluding hydrogens is 228 g/mol. The Morgan fingerprint density at radius 2 is 1.62 bits per heavy atom. The second-order valence-corrected chi connectivity index (χ2v) is 3.63. The van der Waals surface area contributed by atoms with Crippen LogP contribution in [-0.4, -0.2) is 30.5 Å². The quantitative estimate of drug-likeness (QED) is 0.780. The Morgan fingerprint density at radius 1 is 1.06 bits per heavy atom. The number of nitrogens with zero attached hydrogens (tertiary/aromatic N) is 1. The molecule has 0 spiro atoms. The van der Waals surface area contributed by atoms with E-state index in [0.717, 1.165) is 18.8 Å². The molecule has 1 saturated heterocycles. The molecule has 0 aromatic heterocycles. The molecule has 4 nitrogen and oxygen atoms in total. The van der Waals surface area contributed by atoms with E-state index < -0.39 is 7.32 Å². The Balaban J connectivity index is 0.00000128. The lowest BCUT2D eigenvalue weighted by atomic mass is 10.2. The van der Waals surface area contributed by atoms with Crippen LogP contribution in [0.2, 0.25) is 0 Å². The first kappa shape index (κ1) is 13.2. The van der Waals surface area contributed by atoms with Crippen molar-refractivity contribution in [1.82, 2.24) is 0 Å². The van der Waals surface area contributed by atoms with Gasteiger partial charge in [0.05, 0.1) is 0 Å². The normalized spacial score (nSPS) is 14.5. The highest BCUT2D eigenvalue weighted by Gasteiger charge is 2.13. The van der Waals surface area contributed by atoms with Crippen molar-refractivity contribution in [2.75, 3.05) is 18.0 Å². The van der Waals surface area contributed by atoms with Gasteiger partial charge < -0.3 is 19.6 Å². The van der Waals surface area contributed by atoms with Gasteiger partial charge in [0.25, 0.3) is 0 Å². The van der Waals surface area contributed by atoms with Crippen LogP contribution in [-0.2, 0) is 0 Å². The van der Waals surface area contributed by atoms with Gasteiger partial charge in [0, 0.05) is 18.8 Å². The molecule has 1 heterocycles. The fourth-order valence-corrected chi connectivity index (χ4v) is 1.83. The molecule has 2 N–H and O–H groups in total. The van der Waals surface area contributed by atoms with Crippen molar-refractivity contribution >= 4 is 25.4 Å². The molecule has 0 aliphatic carbocycles. The molecule has 16 heavy (non-hydrogen) atoms. The lowest BCUT2D eigenvalue weighted by Crippen LogP contribution is -2.21. The van der Waals surface area contributed by atoms with E-state index in [1.807, 2.05) is 12.1 Å². The summed E-state index contributed by atoms with van der Waals surface area (Å²) in [5.41, 5.74) is 1.16. The van der Waals surface area contributed by atoms with E-state index in [4.69, 9.17) is 14.7 Å². The smallest absolute Gasteiger partial charge is 0.512 e. The monoisotopic (exact) mass is 243 g/mol. The summed E-state index contributed by atoms with van der Waals surface area (Å²) in [6.45, 7) is 2.20. The predicted molar refractivity (Wildman–Crippen MR) is 66.0 cm³/mol. The summed E-state index contributed by atoms with van der Waals surface area (Å²) in [6, 6.07) is 7.35. The van der Waals surface area contributed by atoms with Gasteiger partial charge in [-0.05, 0) is 37.1 Å². The molecule has 0 amide bonds. The number of hydrogen-bond acceptors (Lipinski definition) is 4. The lowest BCUT2D eigenvalue weighted by molar-refractivity contribution is 0.288. The molecule has 0 radical (unpaired) electrons. The second kappa shape index (κ2) is 5.99. The molecule has 1 fully saturated rings. The minimum absolute atomic E-state index is 0. The maximum Gasteiger partial charge on any atom is 0.707 e. The number of anilines is 1. The highest BCUT2D eigenvalue weighted by molar-refractivity contribution is 6.33. The van der Waals surface area contributed by atoms with Crippen LogP contribution in [0.3, 0.4) is 0 Å². The fraction of sp³-hybridized carbons (Fsp3) is 0.400. The zero-order chi connectivity index (χ0) is 10.7. The Morgan fingerprint density at radius 3 is 2.12 bits per heavy atom. The van der Waals surface area contributed by atoms with Gasteiger partial charge in [0.2, 0.25) is 0 Å². The average Bonchev–Trinajstić information content (AvgIpc) is 2.71. The van der Waals surface area contributed by atoms with Crippen LogP contribution in [0.5, 0.6) is 5.75 Å². The van der Waals surface area contributed by atoms with Gasteiger partial charge in [0.1, 0.15) is 5.75 Å². The van der Waals surface area contributed by atoms with Gasteiger partial charge in [-0.25, -0.2) is 0 Å². The van der Waals surface area contributed by atoms with E-state index in [2.05, 4.69) is 4.90 Å². The van der Waals surface area contributed by atoms with Crippen LogP contribution in [0.25, 0.3) is 0 Å². The van der Waals surface area contributed by atoms with Crippen LogP contribution >= 0.6 is 12.4 Å². The highest BCUT2D eigenvalue weighted by atomic mass is 35.5. The van der Waals surface area contributed by atoms with Crippen LogP contribution in [0.4, 0.5) is 5.69 Å². The van der Waals surface area contributed by atoms with Crippen LogP contribution in [0, 0.1) is 0 Å². The van der Waals surface area contributed by atoms with E-state index in [-0.39, 0.29) is 12.4 Å². The first-order chi connectivity index (χ1) is 7.25. The predicted octanol–water partition coefficient (Wildman–Crippen LogP) is 1.06. The summed E-state index contributed by atoms with van der Waals surface area (Å²) in [5, 5.41) is 17.2. The molecule has 1 aromatic carbocycles. The summed E-state index contributed by atoms with van der Waals surface area (Å²) >= 11 is 0. The molecule has 2 rings (SSSR count). The Labute approximate surface area is 101 Å². The molecule has 1 aromatic rings. The van der Waals surface area contributed by atoms with Gasteiger partial charge in [0.15, 0.2) is 0 Å². The zero-order valence-electron chi connectivity index (χ0n) is 8.87. The van der Waals surface area contributed by atoms with Crippen molar-refractivity contribution in [3.63, 3.8) is 0 Å². The van der Waals surface area contributed by atoms with E-state index in [0.29, 0.717) is 5.75 Å². The third-order valence-corrected chi connectivity index (χ3v) is 2.55. The van der Waals surface area contributed by atoms with Crippen molar-refractivity contribution in [1.29, 1.82) is 0 Å². The van der Waals surface area contributed by atoms with E-state index in [1.165, 1.54) is 12.8 Å². The minimum Gasteiger partial charge on any atom is -0.512 e. The van der Waals surface area contributed by atoms with E-state index in [1.54, 1.807) is 12.1 Å². The van der Waals surface area contributed by atoms with Gasteiger partial charge in [-0.2, -0.15) is 0 Å². The van der Waals surface area contributed by atoms with Crippen LogP contribution < -0.4 is 9.55 Å². The Hall–Kier alpha value is -0.905. The van der Waals surface area contributed by atoms with E-state index >= 15 is 0 Å². The SMILES string of the molecule is Cl.OB(O)Oc1ccc(N2CCCC2)cc1. The Kier molecular flexibility index (Phi) is 4.92. The maximum absolute atomic E-state index is 8.61. The summed E-state index contributed by atoms with van der Waals surface area (Å²) in [7, 11) is -1.75. The topological polar surface area (TPSA) is 52.9 Å². The molecule has 6 heteroatoms. The molecule has 0 unspecified atom stereocenters. The van der Waals surface area contributed by atoms with E-state index in [9.17, 15) is 0 Å². The first-order valence-electron chi connectivity index (χ1n) is 5.13. The minimum atomic E-state index is -1.75. The Bertz CT molecular complexity index is 314. The maximum atomic E-state index is 8.61. The molecule has 0 bridgehead atoms. The van der Waals surface area contributed by atoms with Crippen molar-refractivity contribution in [2.24, 2.45) is 0 Å². The van der Waals surface area contributed by atoms with Crippen molar-refractivity contribution < 1.29 is 14.7 Å². The fourth-order valence-electron chi connectivity index (χ4n) is 1.83. The van der Waals surface area contributed by atoms with Crippen molar-refractivity contribution in [3.05, 3.63) is 24.3 Å². The van der Waals surface area contributed by atoms with Gasteiger partial charge >= 0.3 is 7.32 Å². The highest BCUT2D eigenvalue weighted by Crippen LogP contribution is 2.22. The summed E-state index contributed by atoms with van der Waals surface area (Å²) in [6.07, 6.45) is 2.49. The third kappa shape index (κ3) is 3.30. The van der Waals surface area contributed by atoms with Crippen molar-refractivity contribution in [2.45, 2.75) is 12.8 Å². The molecule has 0 saturated carbocycles. The number of hydrogen-bond donors (Lipinski definition) is 2. The summed E-state index contributed by atoms with van der Waals surface area (Å²) in [4.78, 5) is 2.30. The lowest BCUT2D eigenvalue weighted by Gasteiger charge is -2.17. The summed E-state index contributed by atoms with van der Waals surface area (Å²) in [5.74, 6) is 0.466.